The van der Waals surface area contributed by atoms with Crippen molar-refractivity contribution in [1.82, 2.24) is 0 Å². The zero-order chi connectivity index (χ0) is 39.1. The summed E-state index contributed by atoms with van der Waals surface area (Å²) >= 11 is 0. The molecule has 0 aromatic heterocycles. The van der Waals surface area contributed by atoms with E-state index in [9.17, 15) is 16.8 Å². The fraction of sp³-hybridized carbons (Fsp3) is 0. The zero-order valence-corrected chi connectivity index (χ0v) is 31.0. The quantitative estimate of drug-likeness (QED) is 0.113. The highest BCUT2D eigenvalue weighted by molar-refractivity contribution is 7.91. The first-order chi connectivity index (χ1) is 27.1. The van der Waals surface area contributed by atoms with Crippen LogP contribution in [0.4, 0.5) is 0 Å². The van der Waals surface area contributed by atoms with E-state index in [1.807, 2.05) is 0 Å². The second-order valence-corrected chi connectivity index (χ2v) is 16.0. The van der Waals surface area contributed by atoms with Gasteiger partial charge in [0.2, 0.25) is 19.7 Å². The lowest BCUT2D eigenvalue weighted by Crippen LogP contribution is -2.02. The van der Waals surface area contributed by atoms with Crippen LogP contribution in [0.5, 0.6) is 46.0 Å². The molecule has 0 spiro atoms. The molecular weight excluding hydrogens is 745 g/mol. The van der Waals surface area contributed by atoms with Gasteiger partial charge in [-0.15, -0.1) is 12.8 Å². The normalized spacial score (nSPS) is 11.1. The Kier molecular flexibility index (Phi) is 10.6. The molecule has 8 nitrogen and oxygen atoms in total. The molecule has 10 heteroatoms. The highest BCUT2D eigenvalue weighted by Crippen LogP contribution is 2.32. The van der Waals surface area contributed by atoms with Gasteiger partial charge in [-0.25, -0.2) is 16.8 Å². The van der Waals surface area contributed by atoms with E-state index in [4.69, 9.17) is 31.8 Å². The molecule has 7 aromatic rings. The molecule has 0 aliphatic heterocycles. The second kappa shape index (κ2) is 16.0. The zero-order valence-electron chi connectivity index (χ0n) is 29.4. The lowest BCUT2D eigenvalue weighted by Gasteiger charge is -2.11. The Bertz CT molecular complexity index is 2600. The first-order valence-corrected chi connectivity index (χ1v) is 19.9. The number of terminal acetylenes is 2. The molecule has 0 saturated heterocycles. The summed E-state index contributed by atoms with van der Waals surface area (Å²) in [4.78, 5) is 0.440. The van der Waals surface area contributed by atoms with Crippen LogP contribution >= 0.6 is 0 Å². The molecule has 0 N–H and O–H groups in total. The summed E-state index contributed by atoms with van der Waals surface area (Å²) < 4.78 is 76.7. The molecule has 0 aliphatic rings. The molecule has 7 rings (SSSR count). The first kappa shape index (κ1) is 37.1. The third-order valence-electron chi connectivity index (χ3n) is 8.30. The molecule has 0 fully saturated rings. The van der Waals surface area contributed by atoms with Gasteiger partial charge in [0.15, 0.2) is 0 Å². The molecule has 0 radical (unpaired) electrons. The van der Waals surface area contributed by atoms with Crippen LogP contribution in [0, 0.1) is 24.7 Å². The predicted octanol–water partition coefficient (Wildman–Crippen LogP) is 10.5. The van der Waals surface area contributed by atoms with Crippen LogP contribution in [-0.2, 0) is 19.7 Å². The second-order valence-electron chi connectivity index (χ2n) is 12.1. The minimum atomic E-state index is -3.80. The Morgan fingerprint density at radius 3 is 0.804 bits per heavy atom. The Hall–Kier alpha value is -7.24. The molecule has 0 aliphatic carbocycles. The lowest BCUT2D eigenvalue weighted by molar-refractivity contribution is 0.469. The highest BCUT2D eigenvalue weighted by atomic mass is 32.2. The van der Waals surface area contributed by atoms with Gasteiger partial charge in [0.05, 0.1) is 19.6 Å². The van der Waals surface area contributed by atoms with Gasteiger partial charge in [-0.3, -0.25) is 0 Å². The fourth-order valence-electron chi connectivity index (χ4n) is 5.44. The maximum atomic E-state index is 13.3. The molecule has 0 saturated carbocycles. The van der Waals surface area contributed by atoms with E-state index in [2.05, 4.69) is 11.8 Å². The molecule has 274 valence electrons. The minimum absolute atomic E-state index is 0.106. The van der Waals surface area contributed by atoms with Crippen molar-refractivity contribution in [2.24, 2.45) is 0 Å². The van der Waals surface area contributed by atoms with Crippen LogP contribution in [0.1, 0.15) is 11.1 Å². The van der Waals surface area contributed by atoms with Crippen molar-refractivity contribution in [1.29, 1.82) is 0 Å². The Balaban J connectivity index is 0.934. The van der Waals surface area contributed by atoms with Crippen molar-refractivity contribution in [3.8, 4) is 70.7 Å². The summed E-state index contributed by atoms with van der Waals surface area (Å²) in [7, 11) is -7.60. The van der Waals surface area contributed by atoms with E-state index in [0.717, 1.165) is 0 Å². The van der Waals surface area contributed by atoms with Gasteiger partial charge >= 0.3 is 0 Å². The maximum Gasteiger partial charge on any atom is 0.206 e. The van der Waals surface area contributed by atoms with E-state index >= 15 is 0 Å². The van der Waals surface area contributed by atoms with Gasteiger partial charge in [-0.1, -0.05) is 24.0 Å². The van der Waals surface area contributed by atoms with Gasteiger partial charge in [-0.05, 0) is 158 Å². The van der Waals surface area contributed by atoms with E-state index < -0.39 is 19.7 Å². The molecule has 0 unspecified atom stereocenters. The molecule has 0 amide bonds. The van der Waals surface area contributed by atoms with Crippen molar-refractivity contribution in [3.05, 3.63) is 181 Å². The van der Waals surface area contributed by atoms with Crippen LogP contribution in [0.15, 0.2) is 189 Å². The molecule has 7 aromatic carbocycles. The van der Waals surface area contributed by atoms with E-state index in [0.29, 0.717) is 57.1 Å². The number of ether oxygens (including phenoxy) is 4. The van der Waals surface area contributed by atoms with Gasteiger partial charge in [-0.2, -0.15) is 0 Å². The highest BCUT2D eigenvalue weighted by Gasteiger charge is 2.19. The summed E-state index contributed by atoms with van der Waals surface area (Å²) in [6.45, 7) is 0. The van der Waals surface area contributed by atoms with Gasteiger partial charge in [0, 0.05) is 11.1 Å². The topological polar surface area (TPSA) is 105 Å². The van der Waals surface area contributed by atoms with Crippen LogP contribution in [0.2, 0.25) is 0 Å². The summed E-state index contributed by atoms with van der Waals surface area (Å²) in [6, 6.07) is 45.4. The van der Waals surface area contributed by atoms with Crippen molar-refractivity contribution in [2.75, 3.05) is 0 Å². The van der Waals surface area contributed by atoms with Crippen molar-refractivity contribution in [3.63, 3.8) is 0 Å². The van der Waals surface area contributed by atoms with Crippen molar-refractivity contribution in [2.45, 2.75) is 19.6 Å². The first-order valence-electron chi connectivity index (χ1n) is 16.9. The average molecular weight is 775 g/mol. The summed E-state index contributed by atoms with van der Waals surface area (Å²) in [6.07, 6.45) is 10.9. The SMILES string of the molecule is C#Cc1cccc(Oc2ccc(S(=O)(=O)c3ccc(Oc4ccc(Oc5ccc(S(=O)(=O)c6ccc(Oc7cccc(C#C)c7)cc6)cc5)cc4)cc3)cc2)c1. The van der Waals surface area contributed by atoms with Gasteiger partial charge in [0.25, 0.3) is 0 Å². The van der Waals surface area contributed by atoms with Crippen LogP contribution in [0.25, 0.3) is 0 Å². The predicted molar refractivity (Wildman–Crippen MR) is 212 cm³/mol. The lowest BCUT2D eigenvalue weighted by atomic mass is 10.2. The Morgan fingerprint density at radius 2 is 0.554 bits per heavy atom. The molecular formula is C46H30O8S2. The standard InChI is InChI=1S/C46H30O8S2/c1-3-33-7-5-9-41(31-33)53-39-19-27-45(28-20-39)55(47,48)43-23-15-37(16-24-43)51-35-11-13-36(14-12-35)52-38-17-25-44(26-18-38)56(49,50)46-29-21-40(22-30-46)54-42-10-6-8-34(4-2)32-42/h1-2,5-32H. The van der Waals surface area contributed by atoms with Crippen molar-refractivity contribution >= 4 is 19.7 Å². The molecule has 0 bridgehead atoms. The third-order valence-corrected chi connectivity index (χ3v) is 11.9. The molecule has 0 atom stereocenters. The van der Waals surface area contributed by atoms with Crippen LogP contribution in [0.3, 0.4) is 0 Å². The number of rotatable bonds is 12. The summed E-state index contributed by atoms with van der Waals surface area (Å²) in [5.74, 6) is 8.99. The number of benzene rings is 7. The summed E-state index contributed by atoms with van der Waals surface area (Å²) in [5, 5.41) is 0. The number of hydrogen-bond donors (Lipinski definition) is 0. The smallest absolute Gasteiger partial charge is 0.206 e. The van der Waals surface area contributed by atoms with Crippen LogP contribution < -0.4 is 18.9 Å². The largest absolute Gasteiger partial charge is 0.457 e. The third kappa shape index (κ3) is 8.59. The van der Waals surface area contributed by atoms with Gasteiger partial charge < -0.3 is 18.9 Å². The molecule has 0 heterocycles. The van der Waals surface area contributed by atoms with E-state index in [-0.39, 0.29) is 19.6 Å². The van der Waals surface area contributed by atoms with Crippen molar-refractivity contribution < 1.29 is 35.8 Å². The number of hydrogen-bond acceptors (Lipinski definition) is 8. The Morgan fingerprint density at radius 1 is 0.321 bits per heavy atom. The van der Waals surface area contributed by atoms with Crippen LogP contribution in [-0.4, -0.2) is 16.8 Å². The Labute approximate surface area is 325 Å². The minimum Gasteiger partial charge on any atom is -0.457 e. The number of sulfone groups is 2. The van der Waals surface area contributed by atoms with E-state index in [1.54, 1.807) is 121 Å². The fourth-order valence-corrected chi connectivity index (χ4v) is 7.96. The summed E-state index contributed by atoms with van der Waals surface area (Å²) in [5.41, 5.74) is 1.35. The molecule has 56 heavy (non-hydrogen) atoms. The average Bonchev–Trinajstić information content (AvgIpc) is 3.22. The van der Waals surface area contributed by atoms with E-state index in [1.165, 1.54) is 48.5 Å². The maximum absolute atomic E-state index is 13.3. The monoisotopic (exact) mass is 774 g/mol. The van der Waals surface area contributed by atoms with Gasteiger partial charge in [0.1, 0.15) is 46.0 Å².